The summed E-state index contributed by atoms with van der Waals surface area (Å²) in [6, 6.07) is 11.3. The van der Waals surface area contributed by atoms with Gasteiger partial charge in [0.25, 0.3) is 5.91 Å². The summed E-state index contributed by atoms with van der Waals surface area (Å²) in [6.07, 6.45) is 6.68. The molecule has 6 nitrogen and oxygen atoms in total. The zero-order valence-corrected chi connectivity index (χ0v) is 13.3. The summed E-state index contributed by atoms with van der Waals surface area (Å²) in [5.41, 5.74) is 1.69. The molecule has 2 heterocycles. The van der Waals surface area contributed by atoms with E-state index in [4.69, 9.17) is 4.74 Å². The van der Waals surface area contributed by atoms with Crippen molar-refractivity contribution in [1.29, 1.82) is 0 Å². The fourth-order valence-electron chi connectivity index (χ4n) is 2.14. The van der Waals surface area contributed by atoms with Crippen molar-refractivity contribution < 1.29 is 9.53 Å². The van der Waals surface area contributed by atoms with Crippen LogP contribution in [-0.4, -0.2) is 33.6 Å². The minimum atomic E-state index is -0.174. The van der Waals surface area contributed by atoms with Gasteiger partial charge in [-0.05, 0) is 31.2 Å². The van der Waals surface area contributed by atoms with Crippen LogP contribution in [0.4, 0.5) is 0 Å². The lowest BCUT2D eigenvalue weighted by Gasteiger charge is -2.08. The van der Waals surface area contributed by atoms with E-state index in [-0.39, 0.29) is 5.91 Å². The molecule has 3 aromatic rings. The molecule has 0 atom stereocenters. The van der Waals surface area contributed by atoms with Gasteiger partial charge in [-0.15, -0.1) is 0 Å². The summed E-state index contributed by atoms with van der Waals surface area (Å²) >= 11 is 0. The Labute approximate surface area is 140 Å². The highest BCUT2D eigenvalue weighted by molar-refractivity contribution is 5.93. The number of carbonyl (C=O) groups excluding carboxylic acids is 1. The lowest BCUT2D eigenvalue weighted by atomic mass is 10.2. The van der Waals surface area contributed by atoms with Crippen molar-refractivity contribution in [3.63, 3.8) is 0 Å². The number of ether oxygens (including phenoxy) is 1. The molecule has 1 N–H and O–H groups in total. The molecule has 0 spiro atoms. The first-order valence-electron chi connectivity index (χ1n) is 7.64. The molecule has 0 aliphatic rings. The Balaban J connectivity index is 1.47. The summed E-state index contributed by atoms with van der Waals surface area (Å²) in [6.45, 7) is 2.86. The predicted octanol–water partition coefficient (Wildman–Crippen LogP) is 2.38. The van der Waals surface area contributed by atoms with Gasteiger partial charge in [0.05, 0.1) is 12.1 Å². The van der Waals surface area contributed by atoms with E-state index in [0.717, 1.165) is 5.75 Å². The number of aryl methyl sites for hydroxylation is 1. The second-order valence-corrected chi connectivity index (χ2v) is 5.29. The van der Waals surface area contributed by atoms with Crippen LogP contribution in [0.25, 0.3) is 5.82 Å². The smallest absolute Gasteiger partial charge is 0.252 e. The topological polar surface area (TPSA) is 69.0 Å². The Bertz CT molecular complexity index is 781. The second-order valence-electron chi connectivity index (χ2n) is 5.29. The first-order chi connectivity index (χ1) is 11.7. The maximum absolute atomic E-state index is 12.1. The molecule has 122 valence electrons. The Hall–Kier alpha value is -3.15. The number of aromatic nitrogens is 3. The van der Waals surface area contributed by atoms with Gasteiger partial charge in [0.2, 0.25) is 0 Å². The number of hydrogen-bond acceptors (Lipinski definition) is 4. The molecule has 0 aliphatic heterocycles. The number of benzene rings is 1. The van der Waals surface area contributed by atoms with Gasteiger partial charge in [-0.2, -0.15) is 0 Å². The van der Waals surface area contributed by atoms with Gasteiger partial charge >= 0.3 is 0 Å². The maximum Gasteiger partial charge on any atom is 0.252 e. The fourth-order valence-corrected chi connectivity index (χ4v) is 2.14. The van der Waals surface area contributed by atoms with Crippen LogP contribution in [0.1, 0.15) is 15.9 Å². The second kappa shape index (κ2) is 7.41. The summed E-state index contributed by atoms with van der Waals surface area (Å²) < 4.78 is 7.35. The fraction of sp³-hybridized carbons (Fsp3) is 0.167. The summed E-state index contributed by atoms with van der Waals surface area (Å²) in [5, 5.41) is 2.81. The third-order valence-electron chi connectivity index (χ3n) is 3.46. The standard InChI is InChI=1S/C18H18N4O2/c1-14-2-5-16(6-3-14)24-11-9-20-18(23)15-4-7-17(21-12-15)22-10-8-19-13-22/h2-8,10,12-13H,9,11H2,1H3,(H,20,23). The number of pyridine rings is 1. The van der Waals surface area contributed by atoms with Gasteiger partial charge < -0.3 is 10.1 Å². The Morgan fingerprint density at radius 3 is 2.71 bits per heavy atom. The van der Waals surface area contributed by atoms with E-state index in [1.54, 1.807) is 41.6 Å². The number of nitrogens with zero attached hydrogens (tertiary/aromatic N) is 3. The molecule has 2 aromatic heterocycles. The van der Waals surface area contributed by atoms with Gasteiger partial charge in [0.15, 0.2) is 0 Å². The van der Waals surface area contributed by atoms with E-state index in [9.17, 15) is 4.79 Å². The van der Waals surface area contributed by atoms with Crippen LogP contribution in [-0.2, 0) is 0 Å². The maximum atomic E-state index is 12.1. The van der Waals surface area contributed by atoms with E-state index < -0.39 is 0 Å². The largest absolute Gasteiger partial charge is 0.492 e. The van der Waals surface area contributed by atoms with Gasteiger partial charge in [0.1, 0.15) is 24.5 Å². The van der Waals surface area contributed by atoms with E-state index in [0.29, 0.717) is 24.5 Å². The SMILES string of the molecule is Cc1ccc(OCCNC(=O)c2ccc(-n3ccnc3)nc2)cc1. The van der Waals surface area contributed by atoms with Crippen molar-refractivity contribution in [1.82, 2.24) is 19.9 Å². The minimum absolute atomic E-state index is 0.174. The number of nitrogens with one attached hydrogen (secondary N) is 1. The summed E-state index contributed by atoms with van der Waals surface area (Å²) in [4.78, 5) is 20.3. The highest BCUT2D eigenvalue weighted by atomic mass is 16.5. The zero-order chi connectivity index (χ0) is 16.8. The van der Waals surface area contributed by atoms with Gasteiger partial charge in [0, 0.05) is 18.6 Å². The molecular formula is C18H18N4O2. The quantitative estimate of drug-likeness (QED) is 0.708. The van der Waals surface area contributed by atoms with Crippen molar-refractivity contribution in [3.05, 3.63) is 72.4 Å². The van der Waals surface area contributed by atoms with Crippen LogP contribution in [0.2, 0.25) is 0 Å². The predicted molar refractivity (Wildman–Crippen MR) is 90.4 cm³/mol. The lowest BCUT2D eigenvalue weighted by molar-refractivity contribution is 0.0946. The van der Waals surface area contributed by atoms with E-state index in [2.05, 4.69) is 15.3 Å². The molecule has 24 heavy (non-hydrogen) atoms. The normalized spacial score (nSPS) is 10.4. The first kappa shape index (κ1) is 15.7. The highest BCUT2D eigenvalue weighted by Gasteiger charge is 2.06. The average Bonchev–Trinajstić information content (AvgIpc) is 3.15. The number of rotatable bonds is 6. The van der Waals surface area contributed by atoms with Gasteiger partial charge in [-0.1, -0.05) is 17.7 Å². The molecular weight excluding hydrogens is 304 g/mol. The molecule has 3 rings (SSSR count). The summed E-state index contributed by atoms with van der Waals surface area (Å²) in [7, 11) is 0. The molecule has 6 heteroatoms. The Morgan fingerprint density at radius 1 is 1.21 bits per heavy atom. The van der Waals surface area contributed by atoms with Crippen molar-refractivity contribution in [2.45, 2.75) is 6.92 Å². The summed E-state index contributed by atoms with van der Waals surface area (Å²) in [5.74, 6) is 1.33. The number of amides is 1. The van der Waals surface area contributed by atoms with Crippen molar-refractivity contribution in [3.8, 4) is 11.6 Å². The van der Waals surface area contributed by atoms with E-state index in [1.165, 1.54) is 5.56 Å². The van der Waals surface area contributed by atoms with Crippen molar-refractivity contribution in [2.24, 2.45) is 0 Å². The number of carbonyl (C=O) groups is 1. The molecule has 0 saturated carbocycles. The van der Waals surface area contributed by atoms with Crippen LogP contribution >= 0.6 is 0 Å². The van der Waals surface area contributed by atoms with Gasteiger partial charge in [-0.25, -0.2) is 9.97 Å². The van der Waals surface area contributed by atoms with Crippen LogP contribution in [0.15, 0.2) is 61.3 Å². The van der Waals surface area contributed by atoms with E-state index >= 15 is 0 Å². The van der Waals surface area contributed by atoms with Crippen molar-refractivity contribution in [2.75, 3.05) is 13.2 Å². The zero-order valence-electron chi connectivity index (χ0n) is 13.3. The lowest BCUT2D eigenvalue weighted by Crippen LogP contribution is -2.28. The van der Waals surface area contributed by atoms with Crippen LogP contribution in [0.5, 0.6) is 5.75 Å². The van der Waals surface area contributed by atoms with E-state index in [1.807, 2.05) is 31.2 Å². The molecule has 0 unspecified atom stereocenters. The molecule has 1 amide bonds. The van der Waals surface area contributed by atoms with Crippen LogP contribution < -0.4 is 10.1 Å². The third kappa shape index (κ3) is 3.98. The Kier molecular flexibility index (Phi) is 4.86. The molecule has 0 fully saturated rings. The molecule has 0 saturated heterocycles. The van der Waals surface area contributed by atoms with Crippen molar-refractivity contribution >= 4 is 5.91 Å². The molecule has 0 aliphatic carbocycles. The number of imidazole rings is 1. The monoisotopic (exact) mass is 322 g/mol. The molecule has 0 bridgehead atoms. The first-order valence-corrected chi connectivity index (χ1v) is 7.64. The number of hydrogen-bond donors (Lipinski definition) is 1. The molecule has 0 radical (unpaired) electrons. The van der Waals surface area contributed by atoms with Crippen LogP contribution in [0.3, 0.4) is 0 Å². The average molecular weight is 322 g/mol. The van der Waals surface area contributed by atoms with Gasteiger partial charge in [-0.3, -0.25) is 9.36 Å². The highest BCUT2D eigenvalue weighted by Crippen LogP contribution is 2.11. The van der Waals surface area contributed by atoms with Crippen LogP contribution in [0, 0.1) is 6.92 Å². The molecule has 1 aromatic carbocycles. The Morgan fingerprint density at radius 2 is 2.04 bits per heavy atom. The minimum Gasteiger partial charge on any atom is -0.492 e. The third-order valence-corrected chi connectivity index (χ3v) is 3.46.